The second-order valence-electron chi connectivity index (χ2n) is 5.64. The molecule has 114 valence electrons. The highest BCUT2D eigenvalue weighted by Crippen LogP contribution is 2.29. The zero-order chi connectivity index (χ0) is 13.9. The van der Waals surface area contributed by atoms with Crippen molar-refractivity contribution in [2.24, 2.45) is 11.8 Å². The molecule has 0 aromatic carbocycles. The number of nitrogens with one attached hydrogen (secondary N) is 1. The first-order valence-electron chi connectivity index (χ1n) is 7.61. The molecule has 0 aromatic heterocycles. The molecule has 19 heavy (non-hydrogen) atoms. The van der Waals surface area contributed by atoms with Crippen LogP contribution in [0.3, 0.4) is 0 Å². The molecule has 0 aromatic rings. The molecular weight excluding hydrogens is 242 g/mol. The van der Waals surface area contributed by atoms with Crippen molar-refractivity contribution in [3.8, 4) is 0 Å². The molecule has 3 atom stereocenters. The molecule has 4 nitrogen and oxygen atoms in total. The van der Waals surface area contributed by atoms with Crippen molar-refractivity contribution in [3.63, 3.8) is 0 Å². The molecule has 4 heteroatoms. The molecule has 1 aliphatic carbocycles. The van der Waals surface area contributed by atoms with Crippen molar-refractivity contribution in [2.45, 2.75) is 39.2 Å². The van der Waals surface area contributed by atoms with Gasteiger partial charge in [0.2, 0.25) is 0 Å². The van der Waals surface area contributed by atoms with E-state index in [1.807, 2.05) is 0 Å². The summed E-state index contributed by atoms with van der Waals surface area (Å²) in [5.41, 5.74) is 0. The van der Waals surface area contributed by atoms with Crippen LogP contribution in [-0.4, -0.2) is 52.7 Å². The highest BCUT2D eigenvalue weighted by atomic mass is 16.5. The van der Waals surface area contributed by atoms with Gasteiger partial charge in [0, 0.05) is 19.7 Å². The average Bonchev–Trinajstić information content (AvgIpc) is 2.41. The van der Waals surface area contributed by atoms with E-state index in [2.05, 4.69) is 19.2 Å². The smallest absolute Gasteiger partial charge is 0.0701 e. The summed E-state index contributed by atoms with van der Waals surface area (Å²) in [4.78, 5) is 0. The number of rotatable bonds is 10. The third-order valence-electron chi connectivity index (χ3n) is 4.08. The number of hydrogen-bond donors (Lipinski definition) is 1. The van der Waals surface area contributed by atoms with Crippen LogP contribution in [0.25, 0.3) is 0 Å². The average molecular weight is 273 g/mol. The Morgan fingerprint density at radius 3 is 2.26 bits per heavy atom. The SMILES string of the molecule is COCCOCCOCCNC1CCC(C)C(C)C1. The van der Waals surface area contributed by atoms with Gasteiger partial charge in [-0.3, -0.25) is 0 Å². The van der Waals surface area contributed by atoms with Crippen molar-refractivity contribution in [2.75, 3.05) is 46.7 Å². The van der Waals surface area contributed by atoms with Crippen molar-refractivity contribution in [1.29, 1.82) is 0 Å². The Hall–Kier alpha value is -0.160. The molecule has 0 amide bonds. The maximum Gasteiger partial charge on any atom is 0.0701 e. The van der Waals surface area contributed by atoms with Crippen molar-refractivity contribution < 1.29 is 14.2 Å². The fraction of sp³-hybridized carbons (Fsp3) is 1.00. The molecule has 0 heterocycles. The van der Waals surface area contributed by atoms with Crippen LogP contribution in [0.1, 0.15) is 33.1 Å². The summed E-state index contributed by atoms with van der Waals surface area (Å²) in [7, 11) is 1.68. The maximum atomic E-state index is 5.52. The molecule has 0 aliphatic heterocycles. The van der Waals surface area contributed by atoms with E-state index in [-0.39, 0.29) is 0 Å². The standard InChI is InChI=1S/C15H31NO3/c1-13-4-5-15(12-14(13)2)16-6-7-18-10-11-19-9-8-17-3/h13-16H,4-12H2,1-3H3. The van der Waals surface area contributed by atoms with Gasteiger partial charge in [-0.1, -0.05) is 13.8 Å². The predicted octanol–water partition coefficient (Wildman–Crippen LogP) is 2.08. The molecule has 0 spiro atoms. The molecular formula is C15H31NO3. The highest BCUT2D eigenvalue weighted by Gasteiger charge is 2.23. The first kappa shape index (κ1) is 16.9. The molecule has 1 N–H and O–H groups in total. The van der Waals surface area contributed by atoms with Crippen LogP contribution in [0.2, 0.25) is 0 Å². The lowest BCUT2D eigenvalue weighted by atomic mass is 9.79. The highest BCUT2D eigenvalue weighted by molar-refractivity contribution is 4.79. The molecule has 0 radical (unpaired) electrons. The monoisotopic (exact) mass is 273 g/mol. The normalized spacial score (nSPS) is 27.6. The molecule has 3 unspecified atom stereocenters. The third kappa shape index (κ3) is 7.88. The van der Waals surface area contributed by atoms with Crippen LogP contribution in [0.5, 0.6) is 0 Å². The summed E-state index contributed by atoms with van der Waals surface area (Å²) in [6.45, 7) is 9.08. The predicted molar refractivity (Wildman–Crippen MR) is 77.5 cm³/mol. The fourth-order valence-electron chi connectivity index (χ4n) is 2.53. The minimum atomic E-state index is 0.649. The van der Waals surface area contributed by atoms with E-state index >= 15 is 0 Å². The van der Waals surface area contributed by atoms with Gasteiger partial charge < -0.3 is 19.5 Å². The van der Waals surface area contributed by atoms with Gasteiger partial charge in [0.25, 0.3) is 0 Å². The lowest BCUT2D eigenvalue weighted by Gasteiger charge is -2.32. The van der Waals surface area contributed by atoms with Crippen LogP contribution >= 0.6 is 0 Å². The summed E-state index contributed by atoms with van der Waals surface area (Å²) < 4.78 is 15.7. The second kappa shape index (κ2) is 10.6. The summed E-state index contributed by atoms with van der Waals surface area (Å²) in [5, 5.41) is 3.60. The second-order valence-corrected chi connectivity index (χ2v) is 5.64. The number of methoxy groups -OCH3 is 1. The molecule has 1 fully saturated rings. The Balaban J connectivity index is 1.86. The van der Waals surface area contributed by atoms with Crippen molar-refractivity contribution in [1.82, 2.24) is 5.32 Å². The summed E-state index contributed by atoms with van der Waals surface area (Å²) >= 11 is 0. The van der Waals surface area contributed by atoms with Crippen molar-refractivity contribution >= 4 is 0 Å². The first-order chi connectivity index (χ1) is 9.24. The lowest BCUT2D eigenvalue weighted by molar-refractivity contribution is 0.0248. The van der Waals surface area contributed by atoms with E-state index < -0.39 is 0 Å². The van der Waals surface area contributed by atoms with E-state index in [0.29, 0.717) is 32.5 Å². The van der Waals surface area contributed by atoms with Gasteiger partial charge in [-0.25, -0.2) is 0 Å². The van der Waals surface area contributed by atoms with Gasteiger partial charge in [0.15, 0.2) is 0 Å². The maximum absolute atomic E-state index is 5.52. The molecule has 1 rings (SSSR count). The van der Waals surface area contributed by atoms with Gasteiger partial charge >= 0.3 is 0 Å². The topological polar surface area (TPSA) is 39.7 Å². The van der Waals surface area contributed by atoms with Gasteiger partial charge in [-0.05, 0) is 31.1 Å². The van der Waals surface area contributed by atoms with Gasteiger partial charge in [-0.2, -0.15) is 0 Å². The Bertz CT molecular complexity index is 214. The Labute approximate surface area is 118 Å². The molecule has 0 bridgehead atoms. The fourth-order valence-corrected chi connectivity index (χ4v) is 2.53. The summed E-state index contributed by atoms with van der Waals surface area (Å²) in [6, 6.07) is 0.688. The van der Waals surface area contributed by atoms with Crippen LogP contribution in [0.4, 0.5) is 0 Å². The lowest BCUT2D eigenvalue weighted by Crippen LogP contribution is -2.37. The summed E-state index contributed by atoms with van der Waals surface area (Å²) in [6.07, 6.45) is 3.97. The zero-order valence-electron chi connectivity index (χ0n) is 12.8. The van der Waals surface area contributed by atoms with Crippen molar-refractivity contribution in [3.05, 3.63) is 0 Å². The zero-order valence-corrected chi connectivity index (χ0v) is 12.8. The Kier molecular flexibility index (Phi) is 9.43. The van der Waals surface area contributed by atoms with Crippen LogP contribution in [-0.2, 0) is 14.2 Å². The van der Waals surface area contributed by atoms with Gasteiger partial charge in [0.05, 0.1) is 33.0 Å². The van der Waals surface area contributed by atoms with Gasteiger partial charge in [-0.15, -0.1) is 0 Å². The van der Waals surface area contributed by atoms with E-state index in [9.17, 15) is 0 Å². The summed E-state index contributed by atoms with van der Waals surface area (Å²) in [5.74, 6) is 1.74. The van der Waals surface area contributed by atoms with Crippen LogP contribution < -0.4 is 5.32 Å². The molecule has 1 saturated carbocycles. The number of hydrogen-bond acceptors (Lipinski definition) is 4. The Morgan fingerprint density at radius 1 is 0.895 bits per heavy atom. The van der Waals surface area contributed by atoms with Crippen LogP contribution in [0.15, 0.2) is 0 Å². The van der Waals surface area contributed by atoms with E-state index in [4.69, 9.17) is 14.2 Å². The molecule has 0 saturated heterocycles. The largest absolute Gasteiger partial charge is 0.382 e. The molecule has 1 aliphatic rings. The quantitative estimate of drug-likeness (QED) is 0.619. The van der Waals surface area contributed by atoms with E-state index in [1.165, 1.54) is 19.3 Å². The third-order valence-corrected chi connectivity index (χ3v) is 4.08. The van der Waals surface area contributed by atoms with E-state index in [0.717, 1.165) is 25.0 Å². The number of ether oxygens (including phenoxy) is 3. The minimum Gasteiger partial charge on any atom is -0.382 e. The van der Waals surface area contributed by atoms with E-state index in [1.54, 1.807) is 7.11 Å². The minimum absolute atomic E-state index is 0.649. The van der Waals surface area contributed by atoms with Gasteiger partial charge in [0.1, 0.15) is 0 Å². The van der Waals surface area contributed by atoms with Crippen LogP contribution in [0, 0.1) is 11.8 Å². The first-order valence-corrected chi connectivity index (χ1v) is 7.61. The Morgan fingerprint density at radius 2 is 1.58 bits per heavy atom.